The van der Waals surface area contributed by atoms with E-state index in [0.717, 1.165) is 79.5 Å². The molecule has 3 aliphatic heterocycles. The highest BCUT2D eigenvalue weighted by molar-refractivity contribution is 6.07. The number of hydrogen-bond acceptors (Lipinski definition) is 7. The van der Waals surface area contributed by atoms with E-state index < -0.39 is 5.41 Å². The number of phenols is 1. The third-order valence-corrected chi connectivity index (χ3v) is 13.9. The summed E-state index contributed by atoms with van der Waals surface area (Å²) in [5.41, 5.74) is 6.53. The fourth-order valence-corrected chi connectivity index (χ4v) is 11.3. The Morgan fingerprint density at radius 2 is 1.65 bits per heavy atom. The summed E-state index contributed by atoms with van der Waals surface area (Å²) in [7, 11) is 0. The van der Waals surface area contributed by atoms with Crippen molar-refractivity contribution in [3.8, 4) is 16.9 Å². The minimum atomic E-state index is -0.840. The minimum Gasteiger partial charge on any atom is -0.508 e. The zero-order valence-corrected chi connectivity index (χ0v) is 31.6. The number of fused-ring (bicyclic) bond motifs is 1. The van der Waals surface area contributed by atoms with Crippen LogP contribution in [-0.2, 0) is 25.5 Å². The Bertz CT molecular complexity index is 2110. The van der Waals surface area contributed by atoms with Crippen LogP contribution >= 0.6 is 0 Å². The molecule has 7 aliphatic rings. The maximum Gasteiger partial charge on any atom is 0.340 e. The molecular formula is C48H51NO6. The molecule has 2 bridgehead atoms. The zero-order valence-electron chi connectivity index (χ0n) is 31.6. The predicted octanol–water partition coefficient (Wildman–Crippen LogP) is 8.69. The van der Waals surface area contributed by atoms with Gasteiger partial charge in [0.1, 0.15) is 17.3 Å². The second-order valence-electron chi connectivity index (χ2n) is 16.6. The number of phenolic OH excluding ortho intramolecular Hbond substituents is 1. The van der Waals surface area contributed by atoms with Crippen LogP contribution in [0.2, 0.25) is 0 Å². The van der Waals surface area contributed by atoms with Crippen LogP contribution in [0.5, 0.6) is 5.75 Å². The molecule has 2 saturated heterocycles. The fourth-order valence-electron chi connectivity index (χ4n) is 11.3. The minimum absolute atomic E-state index is 0.00196. The lowest BCUT2D eigenvalue weighted by Crippen LogP contribution is -2.52. The van der Waals surface area contributed by atoms with Crippen LogP contribution in [0.25, 0.3) is 16.7 Å². The molecule has 4 aliphatic carbocycles. The van der Waals surface area contributed by atoms with Crippen molar-refractivity contribution in [3.63, 3.8) is 0 Å². The SMILES string of the molecule is CC[C@H](/C=C1\OC(=O)C2=C(c3cc(O)ccc3-c3ccccc3)[C@@H]3CC[C@@]21[C@H]1C2=C(CC[C@@H]31)C(=CC[C@H](CO)C1CCNCC1)OC2=O)Cc1ccccc1. The largest absolute Gasteiger partial charge is 0.508 e. The van der Waals surface area contributed by atoms with Gasteiger partial charge in [-0.25, -0.2) is 9.59 Å². The lowest BCUT2D eigenvalue weighted by Gasteiger charge is -2.56. The van der Waals surface area contributed by atoms with E-state index in [2.05, 4.69) is 60.8 Å². The molecule has 0 radical (unpaired) electrons. The van der Waals surface area contributed by atoms with Gasteiger partial charge in [0.15, 0.2) is 0 Å². The maximum absolute atomic E-state index is 14.7. The van der Waals surface area contributed by atoms with E-state index in [1.807, 2.05) is 36.4 Å². The molecule has 0 unspecified atom stereocenters. The first-order valence-electron chi connectivity index (χ1n) is 20.5. The second kappa shape index (κ2) is 14.7. The Morgan fingerprint density at radius 1 is 0.891 bits per heavy atom. The molecular weight excluding hydrogens is 687 g/mol. The molecule has 10 rings (SSSR count). The molecule has 55 heavy (non-hydrogen) atoms. The van der Waals surface area contributed by atoms with Crippen molar-refractivity contribution >= 4 is 17.5 Å². The molecule has 0 aromatic heterocycles. The van der Waals surface area contributed by atoms with Crippen LogP contribution in [0.15, 0.2) is 119 Å². The van der Waals surface area contributed by atoms with Crippen molar-refractivity contribution in [3.05, 3.63) is 130 Å². The summed E-state index contributed by atoms with van der Waals surface area (Å²) in [5, 5.41) is 24.8. The first kappa shape index (κ1) is 35.9. The number of carbonyl (C=O) groups excluding carboxylic acids is 2. The van der Waals surface area contributed by atoms with Crippen LogP contribution in [0, 0.1) is 40.9 Å². The number of esters is 2. The number of aliphatic hydroxyl groups excluding tert-OH is 1. The highest BCUT2D eigenvalue weighted by atomic mass is 16.5. The summed E-state index contributed by atoms with van der Waals surface area (Å²) in [6.07, 6.45) is 11.8. The highest BCUT2D eigenvalue weighted by Crippen LogP contribution is 2.72. The topological polar surface area (TPSA) is 105 Å². The van der Waals surface area contributed by atoms with Crippen LogP contribution in [0.1, 0.15) is 69.4 Å². The number of cyclic esters (lactones) is 2. The number of ether oxygens (including phenoxy) is 2. The van der Waals surface area contributed by atoms with Gasteiger partial charge in [-0.05, 0) is 153 Å². The van der Waals surface area contributed by atoms with Crippen LogP contribution in [-0.4, -0.2) is 41.8 Å². The lowest BCUT2D eigenvalue weighted by molar-refractivity contribution is -0.135. The van der Waals surface area contributed by atoms with Gasteiger partial charge in [-0.3, -0.25) is 0 Å². The average Bonchev–Trinajstić information content (AvgIpc) is 3.71. The van der Waals surface area contributed by atoms with Crippen LogP contribution in [0.3, 0.4) is 0 Å². The van der Waals surface area contributed by atoms with E-state index in [9.17, 15) is 19.8 Å². The van der Waals surface area contributed by atoms with Crippen molar-refractivity contribution in [2.75, 3.05) is 19.7 Å². The maximum atomic E-state index is 14.7. The van der Waals surface area contributed by atoms with Crippen LogP contribution in [0.4, 0.5) is 0 Å². The number of carbonyl (C=O) groups is 2. The van der Waals surface area contributed by atoms with E-state index in [4.69, 9.17) is 9.47 Å². The average molecular weight is 738 g/mol. The third kappa shape index (κ3) is 6.11. The number of rotatable bonds is 10. The van der Waals surface area contributed by atoms with Gasteiger partial charge in [-0.15, -0.1) is 0 Å². The number of allylic oxidation sites excluding steroid dienone is 5. The smallest absolute Gasteiger partial charge is 0.340 e. The molecule has 7 heteroatoms. The van der Waals surface area contributed by atoms with Crippen molar-refractivity contribution in [1.29, 1.82) is 0 Å². The van der Waals surface area contributed by atoms with E-state index in [1.165, 1.54) is 5.56 Å². The fraction of sp³-hybridized carbons (Fsp3) is 0.417. The van der Waals surface area contributed by atoms with Crippen molar-refractivity contribution in [2.24, 2.45) is 40.9 Å². The molecule has 1 spiro atoms. The summed E-state index contributed by atoms with van der Waals surface area (Å²) in [6.45, 7) is 4.21. The van der Waals surface area contributed by atoms with Gasteiger partial charge in [0.25, 0.3) is 0 Å². The van der Waals surface area contributed by atoms with Gasteiger partial charge in [0, 0.05) is 23.7 Å². The summed E-state index contributed by atoms with van der Waals surface area (Å²) < 4.78 is 12.7. The predicted molar refractivity (Wildman–Crippen MR) is 212 cm³/mol. The highest BCUT2D eigenvalue weighted by Gasteiger charge is 2.68. The molecule has 1 saturated carbocycles. The standard InChI is InChI=1S/C48H51NO6/c1-2-29(25-30-9-5-3-6-10-30)26-41-48-22-19-36(42(45(48)47(53)55-41)39-27-34(51)14-15-35(39)32-11-7-4-8-12-32)37-16-17-38-40(54-46(52)43(38)44(37)48)18-13-33(28-50)31-20-23-49-24-21-31/h3-12,14-15,18,26-27,29,31,33,36-37,44,49-51H,2,13,16-17,19-25,28H2,1H3/b40-18?,41-26-/t29-,33+,36+,37-,44+,48+/m0/s1. The lowest BCUT2D eigenvalue weighted by atomic mass is 9.44. The molecule has 6 atom stereocenters. The van der Waals surface area contributed by atoms with Crippen molar-refractivity contribution in [2.45, 2.75) is 64.7 Å². The molecule has 7 nitrogen and oxygen atoms in total. The van der Waals surface area contributed by atoms with E-state index in [0.29, 0.717) is 47.8 Å². The first-order valence-corrected chi connectivity index (χ1v) is 20.5. The number of piperidine rings is 1. The van der Waals surface area contributed by atoms with Gasteiger partial charge < -0.3 is 25.0 Å². The normalized spacial score (nSPS) is 28.6. The Balaban J connectivity index is 1.20. The van der Waals surface area contributed by atoms with Gasteiger partial charge in [0.2, 0.25) is 0 Å². The van der Waals surface area contributed by atoms with Crippen LogP contribution < -0.4 is 5.32 Å². The van der Waals surface area contributed by atoms with Gasteiger partial charge in [-0.2, -0.15) is 0 Å². The monoisotopic (exact) mass is 737 g/mol. The molecule has 284 valence electrons. The Hall–Kier alpha value is -4.72. The number of benzene rings is 3. The molecule has 3 aromatic rings. The summed E-state index contributed by atoms with van der Waals surface area (Å²) >= 11 is 0. The Morgan fingerprint density at radius 3 is 2.40 bits per heavy atom. The molecule has 3 fully saturated rings. The first-order chi connectivity index (χ1) is 26.9. The van der Waals surface area contributed by atoms with E-state index in [1.54, 1.807) is 6.07 Å². The van der Waals surface area contributed by atoms with Crippen molar-refractivity contribution < 1.29 is 29.3 Å². The summed E-state index contributed by atoms with van der Waals surface area (Å²) in [4.78, 5) is 29.0. The summed E-state index contributed by atoms with van der Waals surface area (Å²) in [6, 6.07) is 26.1. The quantitative estimate of drug-likeness (QED) is 0.179. The van der Waals surface area contributed by atoms with E-state index in [-0.39, 0.29) is 53.9 Å². The third-order valence-electron chi connectivity index (χ3n) is 13.9. The van der Waals surface area contributed by atoms with E-state index >= 15 is 0 Å². The summed E-state index contributed by atoms with van der Waals surface area (Å²) in [5.74, 6) is 1.29. The molecule has 3 N–H and O–H groups in total. The number of hydrogen-bond donors (Lipinski definition) is 3. The zero-order chi connectivity index (χ0) is 37.7. The molecule has 3 aromatic carbocycles. The number of aromatic hydroxyl groups is 1. The number of aliphatic hydroxyl groups is 1. The number of nitrogens with one attached hydrogen (secondary N) is 1. The van der Waals surface area contributed by atoms with Gasteiger partial charge >= 0.3 is 11.9 Å². The van der Waals surface area contributed by atoms with Gasteiger partial charge in [0.05, 0.1) is 11.0 Å². The Kier molecular flexibility index (Phi) is 9.63. The second-order valence-corrected chi connectivity index (χ2v) is 16.6. The van der Waals surface area contributed by atoms with Gasteiger partial charge in [-0.1, -0.05) is 73.7 Å². The van der Waals surface area contributed by atoms with Crippen molar-refractivity contribution in [1.82, 2.24) is 5.32 Å². The molecule has 3 heterocycles. The molecule has 0 amide bonds. The Labute approximate surface area is 323 Å².